The van der Waals surface area contributed by atoms with E-state index in [0.29, 0.717) is 35.7 Å². The van der Waals surface area contributed by atoms with Gasteiger partial charge in [0.2, 0.25) is 5.78 Å². The van der Waals surface area contributed by atoms with Crippen LogP contribution in [0, 0.1) is 0 Å². The molecule has 0 aliphatic heterocycles. The molecule has 0 bridgehead atoms. The molecule has 4 rings (SSSR count). The van der Waals surface area contributed by atoms with Crippen molar-refractivity contribution in [2.24, 2.45) is 0 Å². The second-order valence-electron chi connectivity index (χ2n) is 5.56. The topological polar surface area (TPSA) is 93.8 Å². The van der Waals surface area contributed by atoms with Gasteiger partial charge in [0.15, 0.2) is 17.0 Å². The summed E-state index contributed by atoms with van der Waals surface area (Å²) in [6.45, 7) is 4.42. The normalized spacial score (nSPS) is 11.6. The summed E-state index contributed by atoms with van der Waals surface area (Å²) in [5.74, 6) is 1.92. The van der Waals surface area contributed by atoms with E-state index in [-0.39, 0.29) is 5.56 Å². The molecule has 4 aromatic rings. The number of imidazole rings is 1. The lowest BCUT2D eigenvalue weighted by Crippen LogP contribution is -2.22. The molecule has 0 aromatic carbocycles. The van der Waals surface area contributed by atoms with Crippen LogP contribution in [0.25, 0.3) is 16.9 Å². The standard InChI is InChI=1S/C16H17N7O/c1-3-11-18-13-14(19-11)23-16(22(4-2)15(13)24)20-12(21-23)8-10-6-5-7-17-9-10/h5-7,9H,3-4,8H2,1-2H3,(H,18,19). The van der Waals surface area contributed by atoms with Crippen LogP contribution in [0.1, 0.15) is 31.1 Å². The predicted molar refractivity (Wildman–Crippen MR) is 89.0 cm³/mol. The molecule has 0 fully saturated rings. The highest BCUT2D eigenvalue weighted by Crippen LogP contribution is 2.13. The number of rotatable bonds is 4. The van der Waals surface area contributed by atoms with Crippen LogP contribution >= 0.6 is 0 Å². The molecule has 0 saturated carbocycles. The van der Waals surface area contributed by atoms with Gasteiger partial charge >= 0.3 is 0 Å². The summed E-state index contributed by atoms with van der Waals surface area (Å²) in [6.07, 6.45) is 4.80. The summed E-state index contributed by atoms with van der Waals surface area (Å²) in [5.41, 5.74) is 1.90. The van der Waals surface area contributed by atoms with Crippen LogP contribution in [0.5, 0.6) is 0 Å². The molecule has 4 heterocycles. The van der Waals surface area contributed by atoms with Crippen LogP contribution in [-0.4, -0.2) is 34.1 Å². The van der Waals surface area contributed by atoms with Crippen molar-refractivity contribution in [3.8, 4) is 0 Å². The lowest BCUT2D eigenvalue weighted by molar-refractivity contribution is 0.727. The number of nitrogens with one attached hydrogen (secondary N) is 1. The van der Waals surface area contributed by atoms with Gasteiger partial charge in [-0.25, -0.2) is 4.98 Å². The Kier molecular flexibility index (Phi) is 3.37. The smallest absolute Gasteiger partial charge is 0.281 e. The van der Waals surface area contributed by atoms with Crippen LogP contribution in [0.2, 0.25) is 0 Å². The van der Waals surface area contributed by atoms with Crippen molar-refractivity contribution in [2.75, 3.05) is 0 Å². The quantitative estimate of drug-likeness (QED) is 0.611. The first-order chi connectivity index (χ1) is 11.7. The zero-order chi connectivity index (χ0) is 16.7. The van der Waals surface area contributed by atoms with Gasteiger partial charge in [-0.3, -0.25) is 14.3 Å². The minimum Gasteiger partial charge on any atom is -0.336 e. The first-order valence-corrected chi connectivity index (χ1v) is 7.97. The van der Waals surface area contributed by atoms with E-state index >= 15 is 0 Å². The summed E-state index contributed by atoms with van der Waals surface area (Å²) in [4.78, 5) is 28.9. The van der Waals surface area contributed by atoms with E-state index in [4.69, 9.17) is 0 Å². The number of nitrogens with zero attached hydrogens (tertiary/aromatic N) is 6. The van der Waals surface area contributed by atoms with E-state index in [9.17, 15) is 4.79 Å². The minimum atomic E-state index is -0.118. The van der Waals surface area contributed by atoms with Crippen LogP contribution < -0.4 is 5.56 Å². The lowest BCUT2D eigenvalue weighted by Gasteiger charge is -2.02. The Morgan fingerprint density at radius 1 is 1.25 bits per heavy atom. The monoisotopic (exact) mass is 323 g/mol. The zero-order valence-corrected chi connectivity index (χ0v) is 13.5. The maximum atomic E-state index is 12.7. The van der Waals surface area contributed by atoms with Gasteiger partial charge in [0.1, 0.15) is 5.82 Å². The molecule has 0 aliphatic rings. The molecule has 8 nitrogen and oxygen atoms in total. The van der Waals surface area contributed by atoms with E-state index in [1.807, 2.05) is 26.0 Å². The highest BCUT2D eigenvalue weighted by atomic mass is 16.1. The Labute approximate surface area is 137 Å². The molecule has 122 valence electrons. The third-order valence-corrected chi connectivity index (χ3v) is 4.00. The SMILES string of the molecule is CCc1nc2c([nH]1)c(=O)n(CC)c1nc(Cc3cccnc3)nn21. The molecule has 0 saturated heterocycles. The molecule has 0 spiro atoms. The van der Waals surface area contributed by atoms with Crippen molar-refractivity contribution < 1.29 is 0 Å². The second-order valence-corrected chi connectivity index (χ2v) is 5.56. The molecular formula is C16H17N7O. The average Bonchev–Trinajstić information content (AvgIpc) is 3.20. The van der Waals surface area contributed by atoms with E-state index < -0.39 is 0 Å². The summed E-state index contributed by atoms with van der Waals surface area (Å²) >= 11 is 0. The van der Waals surface area contributed by atoms with Gasteiger partial charge in [-0.05, 0) is 18.6 Å². The third-order valence-electron chi connectivity index (χ3n) is 4.00. The third kappa shape index (κ3) is 2.18. The van der Waals surface area contributed by atoms with Crippen molar-refractivity contribution in [1.82, 2.24) is 34.1 Å². The second kappa shape index (κ2) is 5.55. The highest BCUT2D eigenvalue weighted by molar-refractivity contribution is 5.72. The molecule has 0 radical (unpaired) electrons. The largest absolute Gasteiger partial charge is 0.336 e. The molecule has 0 atom stereocenters. The van der Waals surface area contributed by atoms with Crippen molar-refractivity contribution in [2.45, 2.75) is 33.2 Å². The Morgan fingerprint density at radius 2 is 2.12 bits per heavy atom. The highest BCUT2D eigenvalue weighted by Gasteiger charge is 2.17. The maximum Gasteiger partial charge on any atom is 0.281 e. The number of fused-ring (bicyclic) bond motifs is 3. The number of aromatic nitrogens is 7. The van der Waals surface area contributed by atoms with Crippen LogP contribution in [0.4, 0.5) is 0 Å². The van der Waals surface area contributed by atoms with E-state index in [1.54, 1.807) is 21.5 Å². The average molecular weight is 323 g/mol. The lowest BCUT2D eigenvalue weighted by atomic mass is 10.2. The van der Waals surface area contributed by atoms with Gasteiger partial charge in [0.05, 0.1) is 0 Å². The Bertz CT molecular complexity index is 1070. The fraction of sp³-hybridized carbons (Fsp3) is 0.312. The number of aryl methyl sites for hydroxylation is 2. The summed E-state index contributed by atoms with van der Waals surface area (Å²) < 4.78 is 3.27. The van der Waals surface area contributed by atoms with Crippen molar-refractivity contribution >= 4 is 16.9 Å². The van der Waals surface area contributed by atoms with Crippen LogP contribution in [0.3, 0.4) is 0 Å². The summed E-state index contributed by atoms with van der Waals surface area (Å²) in [5, 5.41) is 4.57. The molecule has 1 N–H and O–H groups in total. The fourth-order valence-corrected chi connectivity index (χ4v) is 2.81. The van der Waals surface area contributed by atoms with Crippen molar-refractivity contribution in [1.29, 1.82) is 0 Å². The number of pyridine rings is 1. The predicted octanol–water partition coefficient (Wildman–Crippen LogP) is 1.34. The first-order valence-electron chi connectivity index (χ1n) is 7.97. The summed E-state index contributed by atoms with van der Waals surface area (Å²) in [7, 11) is 0. The number of H-pyrrole nitrogens is 1. The van der Waals surface area contributed by atoms with Gasteiger partial charge in [-0.15, -0.1) is 5.10 Å². The van der Waals surface area contributed by atoms with E-state index in [0.717, 1.165) is 17.8 Å². The van der Waals surface area contributed by atoms with Crippen molar-refractivity contribution in [3.63, 3.8) is 0 Å². The molecule has 24 heavy (non-hydrogen) atoms. The fourth-order valence-electron chi connectivity index (χ4n) is 2.81. The molecular weight excluding hydrogens is 306 g/mol. The molecule has 0 unspecified atom stereocenters. The van der Waals surface area contributed by atoms with Crippen LogP contribution in [0.15, 0.2) is 29.3 Å². The first kappa shape index (κ1) is 14.6. The van der Waals surface area contributed by atoms with Gasteiger partial charge in [0, 0.05) is 31.8 Å². The van der Waals surface area contributed by atoms with Gasteiger partial charge in [0.25, 0.3) is 5.56 Å². The van der Waals surface area contributed by atoms with E-state index in [2.05, 4.69) is 25.0 Å². The Hall–Kier alpha value is -3.03. The molecule has 0 aliphatic carbocycles. The zero-order valence-electron chi connectivity index (χ0n) is 13.5. The minimum absolute atomic E-state index is 0.118. The van der Waals surface area contributed by atoms with Gasteiger partial charge in [-0.1, -0.05) is 13.0 Å². The number of aromatic amines is 1. The molecule has 0 amide bonds. The Balaban J connectivity index is 1.95. The molecule has 8 heteroatoms. The number of hydrogen-bond acceptors (Lipinski definition) is 5. The van der Waals surface area contributed by atoms with Crippen molar-refractivity contribution in [3.05, 3.63) is 52.1 Å². The van der Waals surface area contributed by atoms with Crippen LogP contribution in [-0.2, 0) is 19.4 Å². The molecule has 4 aromatic heterocycles. The van der Waals surface area contributed by atoms with E-state index in [1.165, 1.54) is 0 Å². The maximum absolute atomic E-state index is 12.7. The number of hydrogen-bond donors (Lipinski definition) is 1. The summed E-state index contributed by atoms with van der Waals surface area (Å²) in [6, 6.07) is 3.86. The Morgan fingerprint density at radius 3 is 2.83 bits per heavy atom. The van der Waals surface area contributed by atoms with Gasteiger partial charge < -0.3 is 4.98 Å². The van der Waals surface area contributed by atoms with Gasteiger partial charge in [-0.2, -0.15) is 9.50 Å².